The Balaban J connectivity index is 1.94. The number of benzene rings is 1. The van der Waals surface area contributed by atoms with Crippen LogP contribution in [0.4, 0.5) is 0 Å². The van der Waals surface area contributed by atoms with Gasteiger partial charge >= 0.3 is 5.97 Å². The summed E-state index contributed by atoms with van der Waals surface area (Å²) in [6, 6.07) is 5.73. The van der Waals surface area contributed by atoms with E-state index in [9.17, 15) is 4.79 Å². The van der Waals surface area contributed by atoms with Crippen molar-refractivity contribution in [1.82, 2.24) is 4.90 Å². The molecule has 102 valence electrons. The molecule has 0 amide bonds. The minimum Gasteiger partial charge on any atom is -0.496 e. The highest BCUT2D eigenvalue weighted by atomic mass is 16.5. The van der Waals surface area contributed by atoms with Crippen molar-refractivity contribution in [2.75, 3.05) is 27.0 Å². The average molecular weight is 263 g/mol. The number of carbonyl (C=O) groups excluding carboxylic acids is 1. The first-order valence-electron chi connectivity index (χ1n) is 6.05. The summed E-state index contributed by atoms with van der Waals surface area (Å²) in [6.45, 7) is 5.47. The number of hydrogen-bond donors (Lipinski definition) is 0. The number of methoxy groups -OCH3 is 1. The molecular formula is C14H17NO4. The van der Waals surface area contributed by atoms with Crippen LogP contribution in [0.3, 0.4) is 0 Å². The standard InChI is InChI=1S/C14H17NO4/c1-3-14(16)18-8-7-15-9-11-12(17-2)5-4-6-13(11)19-10-15/h3-6H,1,7-10H2,2H3. The second-order valence-corrected chi connectivity index (χ2v) is 4.13. The van der Waals surface area contributed by atoms with Crippen molar-refractivity contribution in [1.29, 1.82) is 0 Å². The van der Waals surface area contributed by atoms with Gasteiger partial charge in [-0.1, -0.05) is 12.6 Å². The summed E-state index contributed by atoms with van der Waals surface area (Å²) >= 11 is 0. The molecule has 0 unspecified atom stereocenters. The Morgan fingerprint density at radius 3 is 3.16 bits per heavy atom. The molecule has 0 N–H and O–H groups in total. The molecule has 5 nitrogen and oxygen atoms in total. The van der Waals surface area contributed by atoms with E-state index in [-0.39, 0.29) is 0 Å². The van der Waals surface area contributed by atoms with Crippen LogP contribution in [0.5, 0.6) is 11.5 Å². The lowest BCUT2D eigenvalue weighted by atomic mass is 10.1. The topological polar surface area (TPSA) is 48.0 Å². The highest BCUT2D eigenvalue weighted by Gasteiger charge is 2.20. The number of esters is 1. The maximum Gasteiger partial charge on any atom is 0.330 e. The third-order valence-corrected chi connectivity index (χ3v) is 2.91. The molecule has 0 radical (unpaired) electrons. The lowest BCUT2D eigenvalue weighted by molar-refractivity contribution is -0.138. The first-order chi connectivity index (χ1) is 9.24. The quantitative estimate of drug-likeness (QED) is 0.596. The molecule has 0 aliphatic carbocycles. The van der Waals surface area contributed by atoms with E-state index in [4.69, 9.17) is 14.2 Å². The van der Waals surface area contributed by atoms with Crippen LogP contribution in [0.25, 0.3) is 0 Å². The molecule has 0 saturated carbocycles. The van der Waals surface area contributed by atoms with Crippen molar-refractivity contribution < 1.29 is 19.0 Å². The minimum atomic E-state index is -0.407. The zero-order valence-electron chi connectivity index (χ0n) is 10.9. The van der Waals surface area contributed by atoms with E-state index in [1.807, 2.05) is 23.1 Å². The van der Waals surface area contributed by atoms with Crippen LogP contribution < -0.4 is 9.47 Å². The number of hydrogen-bond acceptors (Lipinski definition) is 5. The van der Waals surface area contributed by atoms with E-state index < -0.39 is 5.97 Å². The average Bonchev–Trinajstić information content (AvgIpc) is 2.46. The summed E-state index contributed by atoms with van der Waals surface area (Å²) in [6.07, 6.45) is 1.16. The highest BCUT2D eigenvalue weighted by molar-refractivity contribution is 5.81. The Labute approximate surface area is 112 Å². The van der Waals surface area contributed by atoms with E-state index in [0.29, 0.717) is 26.4 Å². The summed E-state index contributed by atoms with van der Waals surface area (Å²) in [7, 11) is 1.64. The van der Waals surface area contributed by atoms with Gasteiger partial charge in [0.1, 0.15) is 24.8 Å². The van der Waals surface area contributed by atoms with E-state index in [0.717, 1.165) is 23.1 Å². The van der Waals surface area contributed by atoms with Crippen molar-refractivity contribution in [2.24, 2.45) is 0 Å². The lowest BCUT2D eigenvalue weighted by Gasteiger charge is -2.29. The summed E-state index contributed by atoms with van der Waals surface area (Å²) in [5.74, 6) is 1.25. The number of carbonyl (C=O) groups is 1. The first kappa shape index (κ1) is 13.4. The molecule has 1 aromatic carbocycles. The minimum absolute atomic E-state index is 0.318. The van der Waals surface area contributed by atoms with Gasteiger partial charge in [-0.25, -0.2) is 4.79 Å². The smallest absolute Gasteiger partial charge is 0.330 e. The number of ether oxygens (including phenoxy) is 3. The Kier molecular flexibility index (Phi) is 4.41. The molecule has 1 aliphatic rings. The van der Waals surface area contributed by atoms with Crippen molar-refractivity contribution in [3.63, 3.8) is 0 Å². The van der Waals surface area contributed by atoms with Crippen molar-refractivity contribution in [2.45, 2.75) is 6.54 Å². The highest BCUT2D eigenvalue weighted by Crippen LogP contribution is 2.32. The molecule has 1 aromatic rings. The molecule has 5 heteroatoms. The third kappa shape index (κ3) is 3.26. The lowest BCUT2D eigenvalue weighted by Crippen LogP contribution is -2.35. The van der Waals surface area contributed by atoms with Gasteiger partial charge in [0.2, 0.25) is 0 Å². The second-order valence-electron chi connectivity index (χ2n) is 4.13. The van der Waals surface area contributed by atoms with Gasteiger partial charge in [-0.05, 0) is 12.1 Å². The van der Waals surface area contributed by atoms with Gasteiger partial charge in [0.15, 0.2) is 0 Å². The Bertz CT molecular complexity index is 458. The molecule has 0 atom stereocenters. The molecular weight excluding hydrogens is 246 g/mol. The van der Waals surface area contributed by atoms with Gasteiger partial charge in [-0.2, -0.15) is 0 Å². The summed E-state index contributed by atoms with van der Waals surface area (Å²) < 4.78 is 15.9. The zero-order chi connectivity index (χ0) is 13.7. The third-order valence-electron chi connectivity index (χ3n) is 2.91. The van der Waals surface area contributed by atoms with Crippen LogP contribution in [0.15, 0.2) is 30.9 Å². The van der Waals surface area contributed by atoms with Gasteiger partial charge in [-0.3, -0.25) is 4.90 Å². The van der Waals surface area contributed by atoms with Crippen LogP contribution >= 0.6 is 0 Å². The maximum atomic E-state index is 10.9. The van der Waals surface area contributed by atoms with Crippen LogP contribution in [-0.4, -0.2) is 37.9 Å². The fourth-order valence-electron chi connectivity index (χ4n) is 1.94. The Morgan fingerprint density at radius 2 is 2.42 bits per heavy atom. The van der Waals surface area contributed by atoms with E-state index in [2.05, 4.69) is 6.58 Å². The van der Waals surface area contributed by atoms with Crippen LogP contribution in [-0.2, 0) is 16.1 Å². The second kappa shape index (κ2) is 6.24. The zero-order valence-corrected chi connectivity index (χ0v) is 10.9. The summed E-state index contributed by atoms with van der Waals surface area (Å²) in [4.78, 5) is 13.0. The largest absolute Gasteiger partial charge is 0.496 e. The summed E-state index contributed by atoms with van der Waals surface area (Å²) in [5, 5.41) is 0. The van der Waals surface area contributed by atoms with E-state index in [1.54, 1.807) is 7.11 Å². The number of nitrogens with zero attached hydrogens (tertiary/aromatic N) is 1. The normalized spacial score (nSPS) is 14.2. The van der Waals surface area contributed by atoms with Crippen molar-refractivity contribution >= 4 is 5.97 Å². The van der Waals surface area contributed by atoms with Crippen LogP contribution in [0.1, 0.15) is 5.56 Å². The van der Waals surface area contributed by atoms with Crippen molar-refractivity contribution in [3.05, 3.63) is 36.4 Å². The molecule has 0 bridgehead atoms. The van der Waals surface area contributed by atoms with Gasteiger partial charge in [0.05, 0.1) is 12.7 Å². The molecule has 1 heterocycles. The Hall–Kier alpha value is -2.01. The molecule has 2 rings (SSSR count). The Morgan fingerprint density at radius 1 is 1.58 bits per heavy atom. The van der Waals surface area contributed by atoms with E-state index >= 15 is 0 Å². The van der Waals surface area contributed by atoms with Crippen LogP contribution in [0, 0.1) is 0 Å². The van der Waals surface area contributed by atoms with Gasteiger partial charge in [-0.15, -0.1) is 0 Å². The first-order valence-corrected chi connectivity index (χ1v) is 6.05. The van der Waals surface area contributed by atoms with Gasteiger partial charge < -0.3 is 14.2 Å². The predicted molar refractivity (Wildman–Crippen MR) is 70.1 cm³/mol. The summed E-state index contributed by atoms with van der Waals surface area (Å²) in [5.41, 5.74) is 1.02. The molecule has 0 aromatic heterocycles. The predicted octanol–water partition coefficient (Wildman–Crippen LogP) is 1.58. The van der Waals surface area contributed by atoms with Gasteiger partial charge in [0, 0.05) is 19.2 Å². The SMILES string of the molecule is C=CC(=O)OCCN1COc2cccc(OC)c2C1. The van der Waals surface area contributed by atoms with Crippen molar-refractivity contribution in [3.8, 4) is 11.5 Å². The number of rotatable bonds is 5. The van der Waals surface area contributed by atoms with E-state index in [1.165, 1.54) is 0 Å². The fourth-order valence-corrected chi connectivity index (χ4v) is 1.94. The fraction of sp³-hybridized carbons (Fsp3) is 0.357. The molecule has 0 spiro atoms. The van der Waals surface area contributed by atoms with Crippen LogP contribution in [0.2, 0.25) is 0 Å². The molecule has 0 saturated heterocycles. The number of fused-ring (bicyclic) bond motifs is 1. The van der Waals surface area contributed by atoms with Gasteiger partial charge in [0.25, 0.3) is 0 Å². The monoisotopic (exact) mass is 263 g/mol. The maximum absolute atomic E-state index is 10.9. The molecule has 1 aliphatic heterocycles. The molecule has 19 heavy (non-hydrogen) atoms. The molecule has 0 fully saturated rings.